The van der Waals surface area contributed by atoms with Crippen molar-refractivity contribution in [3.8, 4) is 0 Å². The number of hydrogen-bond donors (Lipinski definition) is 1. The second kappa shape index (κ2) is 9.64. The van der Waals surface area contributed by atoms with Gasteiger partial charge in [0.1, 0.15) is 0 Å². The van der Waals surface area contributed by atoms with Crippen molar-refractivity contribution in [3.63, 3.8) is 0 Å². The zero-order chi connectivity index (χ0) is 14.0. The lowest BCUT2D eigenvalue weighted by Gasteiger charge is -2.33. The third-order valence-corrected chi connectivity index (χ3v) is 4.03. The standard InChI is InChI=1S/C13H27NO3S/c1-6-8-14-11(13(2,3)17-5)10-18-9-7-12(15)16-4/h11,14H,6-10H2,1-5H3. The lowest BCUT2D eigenvalue weighted by Crippen LogP contribution is -2.50. The number of thioether (sulfide) groups is 1. The Labute approximate surface area is 115 Å². The molecule has 0 saturated heterocycles. The van der Waals surface area contributed by atoms with Gasteiger partial charge in [0.05, 0.1) is 19.1 Å². The Morgan fingerprint density at radius 3 is 2.56 bits per heavy atom. The van der Waals surface area contributed by atoms with Crippen LogP contribution in [0.5, 0.6) is 0 Å². The summed E-state index contributed by atoms with van der Waals surface area (Å²) >= 11 is 1.75. The van der Waals surface area contributed by atoms with E-state index in [-0.39, 0.29) is 17.6 Å². The number of ether oxygens (including phenoxy) is 2. The van der Waals surface area contributed by atoms with Crippen molar-refractivity contribution in [3.05, 3.63) is 0 Å². The van der Waals surface area contributed by atoms with Crippen LogP contribution in [0.4, 0.5) is 0 Å². The number of nitrogens with one attached hydrogen (secondary N) is 1. The molecule has 0 bridgehead atoms. The molecule has 18 heavy (non-hydrogen) atoms. The summed E-state index contributed by atoms with van der Waals surface area (Å²) in [7, 11) is 3.16. The molecule has 0 radical (unpaired) electrons. The van der Waals surface area contributed by atoms with Crippen LogP contribution >= 0.6 is 11.8 Å². The monoisotopic (exact) mass is 277 g/mol. The van der Waals surface area contributed by atoms with Gasteiger partial charge >= 0.3 is 5.97 Å². The van der Waals surface area contributed by atoms with Crippen molar-refractivity contribution in [2.24, 2.45) is 0 Å². The third kappa shape index (κ3) is 7.24. The van der Waals surface area contributed by atoms with E-state index in [1.165, 1.54) is 7.11 Å². The Morgan fingerprint density at radius 2 is 2.06 bits per heavy atom. The lowest BCUT2D eigenvalue weighted by atomic mass is 10.0. The number of methoxy groups -OCH3 is 2. The molecule has 1 atom stereocenters. The molecule has 0 aromatic carbocycles. The van der Waals surface area contributed by atoms with Gasteiger partial charge in [-0.3, -0.25) is 4.79 Å². The SMILES string of the molecule is CCCNC(CSCCC(=O)OC)C(C)(C)OC. The van der Waals surface area contributed by atoms with Gasteiger partial charge in [-0.15, -0.1) is 0 Å². The second-order valence-electron chi connectivity index (χ2n) is 4.72. The Morgan fingerprint density at radius 1 is 1.39 bits per heavy atom. The van der Waals surface area contributed by atoms with Crippen molar-refractivity contribution in [2.75, 3.05) is 32.3 Å². The van der Waals surface area contributed by atoms with E-state index in [0.717, 1.165) is 24.5 Å². The molecular weight excluding hydrogens is 250 g/mol. The number of esters is 1. The van der Waals surface area contributed by atoms with Gasteiger partial charge in [0.15, 0.2) is 0 Å². The van der Waals surface area contributed by atoms with E-state index < -0.39 is 0 Å². The van der Waals surface area contributed by atoms with Crippen molar-refractivity contribution < 1.29 is 14.3 Å². The van der Waals surface area contributed by atoms with Crippen molar-refractivity contribution in [1.82, 2.24) is 5.32 Å². The van der Waals surface area contributed by atoms with Crippen LogP contribution in [0.25, 0.3) is 0 Å². The Kier molecular flexibility index (Phi) is 9.50. The van der Waals surface area contributed by atoms with Gasteiger partial charge in [0.2, 0.25) is 0 Å². The van der Waals surface area contributed by atoms with Crippen LogP contribution in [0.15, 0.2) is 0 Å². The maximum absolute atomic E-state index is 11.0. The second-order valence-corrected chi connectivity index (χ2v) is 5.87. The first kappa shape index (κ1) is 17.7. The van der Waals surface area contributed by atoms with Crippen molar-refractivity contribution >= 4 is 17.7 Å². The quantitative estimate of drug-likeness (QED) is 0.489. The average molecular weight is 277 g/mol. The molecule has 1 unspecified atom stereocenters. The fourth-order valence-corrected chi connectivity index (χ4v) is 2.66. The predicted molar refractivity (Wildman–Crippen MR) is 77.1 cm³/mol. The van der Waals surface area contributed by atoms with Crippen LogP contribution in [-0.2, 0) is 14.3 Å². The number of carbonyl (C=O) groups is 1. The zero-order valence-corrected chi connectivity index (χ0v) is 13.1. The fraction of sp³-hybridized carbons (Fsp3) is 0.923. The molecule has 0 rings (SSSR count). The Hall–Kier alpha value is -0.260. The molecule has 0 aliphatic rings. The molecule has 0 saturated carbocycles. The largest absolute Gasteiger partial charge is 0.469 e. The van der Waals surface area contributed by atoms with Crippen LogP contribution in [0.2, 0.25) is 0 Å². The van der Waals surface area contributed by atoms with E-state index in [1.807, 2.05) is 0 Å². The van der Waals surface area contributed by atoms with E-state index >= 15 is 0 Å². The molecule has 0 aromatic heterocycles. The van der Waals surface area contributed by atoms with Gasteiger partial charge in [-0.05, 0) is 26.8 Å². The summed E-state index contributed by atoms with van der Waals surface area (Å²) < 4.78 is 10.1. The lowest BCUT2D eigenvalue weighted by molar-refractivity contribution is -0.140. The minimum absolute atomic E-state index is 0.147. The van der Waals surface area contributed by atoms with E-state index in [0.29, 0.717) is 6.42 Å². The maximum atomic E-state index is 11.0. The number of rotatable bonds is 10. The summed E-state index contributed by atoms with van der Waals surface area (Å²) in [6.45, 7) is 7.30. The van der Waals surface area contributed by atoms with Gasteiger partial charge in [0.25, 0.3) is 0 Å². The third-order valence-electron chi connectivity index (χ3n) is 2.97. The first-order chi connectivity index (χ1) is 8.47. The molecule has 108 valence electrons. The topological polar surface area (TPSA) is 47.6 Å². The van der Waals surface area contributed by atoms with Crippen LogP contribution in [0.3, 0.4) is 0 Å². The van der Waals surface area contributed by atoms with Gasteiger partial charge in [0, 0.05) is 24.7 Å². The maximum Gasteiger partial charge on any atom is 0.306 e. The van der Waals surface area contributed by atoms with E-state index in [9.17, 15) is 4.79 Å². The fourth-order valence-electron chi connectivity index (χ4n) is 1.42. The van der Waals surface area contributed by atoms with E-state index in [1.54, 1.807) is 18.9 Å². The summed E-state index contributed by atoms with van der Waals surface area (Å²) in [5.74, 6) is 1.57. The summed E-state index contributed by atoms with van der Waals surface area (Å²) in [5.41, 5.74) is -0.201. The molecule has 4 nitrogen and oxygen atoms in total. The number of hydrogen-bond acceptors (Lipinski definition) is 5. The highest BCUT2D eigenvalue weighted by atomic mass is 32.2. The Bertz CT molecular complexity index is 234. The van der Waals surface area contributed by atoms with Crippen LogP contribution in [0, 0.1) is 0 Å². The van der Waals surface area contributed by atoms with Gasteiger partial charge in [-0.1, -0.05) is 6.92 Å². The first-order valence-electron chi connectivity index (χ1n) is 6.41. The highest BCUT2D eigenvalue weighted by molar-refractivity contribution is 7.99. The van der Waals surface area contributed by atoms with E-state index in [2.05, 4.69) is 30.8 Å². The average Bonchev–Trinajstić information content (AvgIpc) is 2.37. The molecular formula is C13H27NO3S. The predicted octanol–water partition coefficient (Wildman–Crippen LogP) is 2.08. The van der Waals surface area contributed by atoms with Crippen LogP contribution < -0.4 is 5.32 Å². The van der Waals surface area contributed by atoms with E-state index in [4.69, 9.17) is 4.74 Å². The number of carbonyl (C=O) groups excluding carboxylic acids is 1. The molecule has 0 aromatic rings. The van der Waals surface area contributed by atoms with Gasteiger partial charge < -0.3 is 14.8 Å². The molecule has 0 aliphatic carbocycles. The zero-order valence-electron chi connectivity index (χ0n) is 12.2. The van der Waals surface area contributed by atoms with Gasteiger partial charge in [-0.25, -0.2) is 0 Å². The minimum Gasteiger partial charge on any atom is -0.469 e. The molecule has 0 amide bonds. The van der Waals surface area contributed by atoms with Crippen molar-refractivity contribution in [1.29, 1.82) is 0 Å². The van der Waals surface area contributed by atoms with Crippen LogP contribution in [-0.4, -0.2) is 49.9 Å². The van der Waals surface area contributed by atoms with Crippen LogP contribution in [0.1, 0.15) is 33.6 Å². The summed E-state index contributed by atoms with van der Waals surface area (Å²) in [6, 6.07) is 0.282. The molecule has 0 fully saturated rings. The van der Waals surface area contributed by atoms with Crippen molar-refractivity contribution in [2.45, 2.75) is 45.3 Å². The normalized spacial score (nSPS) is 13.4. The highest BCUT2D eigenvalue weighted by Gasteiger charge is 2.28. The molecule has 1 N–H and O–H groups in total. The molecule has 0 spiro atoms. The summed E-state index contributed by atoms with van der Waals surface area (Å²) in [4.78, 5) is 11.0. The van der Waals surface area contributed by atoms with Gasteiger partial charge in [-0.2, -0.15) is 11.8 Å². The minimum atomic E-state index is -0.201. The summed E-state index contributed by atoms with van der Waals surface area (Å²) in [6.07, 6.45) is 1.57. The highest BCUT2D eigenvalue weighted by Crippen LogP contribution is 2.18. The summed E-state index contributed by atoms with van der Waals surface area (Å²) in [5, 5.41) is 3.50. The Balaban J connectivity index is 4.05. The molecule has 0 aliphatic heterocycles. The molecule has 0 heterocycles. The first-order valence-corrected chi connectivity index (χ1v) is 7.56. The molecule has 5 heteroatoms. The smallest absolute Gasteiger partial charge is 0.306 e.